The SMILES string of the molecule is CC(C)[C@H]1COC(=O)N1C(=O)[C@@H](CSCc1ccccc1)[C@H](C)c1ccccc1. The molecule has 3 rings (SSSR count). The first-order valence-electron chi connectivity index (χ1n) is 10.2. The van der Waals surface area contributed by atoms with E-state index in [2.05, 4.69) is 31.2 Å². The monoisotopic (exact) mass is 411 g/mol. The number of thioether (sulfide) groups is 1. The summed E-state index contributed by atoms with van der Waals surface area (Å²) < 4.78 is 5.23. The number of amides is 2. The van der Waals surface area contributed by atoms with Gasteiger partial charge in [-0.2, -0.15) is 11.8 Å². The number of rotatable bonds is 8. The molecular formula is C24H29NO3S. The molecule has 0 N–H and O–H groups in total. The Balaban J connectivity index is 1.79. The molecule has 1 saturated heterocycles. The van der Waals surface area contributed by atoms with Crippen LogP contribution in [0.3, 0.4) is 0 Å². The van der Waals surface area contributed by atoms with Crippen molar-refractivity contribution < 1.29 is 14.3 Å². The van der Waals surface area contributed by atoms with Crippen LogP contribution in [0.4, 0.5) is 4.79 Å². The number of benzene rings is 2. The first-order valence-corrected chi connectivity index (χ1v) is 11.3. The predicted molar refractivity (Wildman–Crippen MR) is 118 cm³/mol. The molecule has 0 spiro atoms. The van der Waals surface area contributed by atoms with Gasteiger partial charge in [-0.05, 0) is 23.0 Å². The first-order chi connectivity index (χ1) is 14.0. The van der Waals surface area contributed by atoms with Gasteiger partial charge in [0, 0.05) is 11.5 Å². The first kappa shape index (κ1) is 21.4. The molecule has 0 aromatic heterocycles. The third kappa shape index (κ3) is 5.21. The number of hydrogen-bond donors (Lipinski definition) is 0. The Kier molecular flexibility index (Phi) is 7.37. The number of ether oxygens (including phenoxy) is 1. The van der Waals surface area contributed by atoms with Gasteiger partial charge < -0.3 is 4.74 Å². The Labute approximate surface area is 177 Å². The number of hydrogen-bond acceptors (Lipinski definition) is 4. The Morgan fingerprint density at radius 1 is 1.07 bits per heavy atom. The smallest absolute Gasteiger partial charge is 0.416 e. The summed E-state index contributed by atoms with van der Waals surface area (Å²) in [4.78, 5) is 27.3. The molecule has 0 unspecified atom stereocenters. The van der Waals surface area contributed by atoms with Crippen LogP contribution >= 0.6 is 11.8 Å². The molecule has 2 aromatic rings. The Morgan fingerprint density at radius 3 is 2.31 bits per heavy atom. The topological polar surface area (TPSA) is 46.6 Å². The van der Waals surface area contributed by atoms with E-state index >= 15 is 0 Å². The van der Waals surface area contributed by atoms with Crippen molar-refractivity contribution in [2.45, 2.75) is 38.5 Å². The fourth-order valence-electron chi connectivity index (χ4n) is 3.66. The second-order valence-electron chi connectivity index (χ2n) is 7.90. The van der Waals surface area contributed by atoms with E-state index in [0.29, 0.717) is 5.75 Å². The molecule has 5 heteroatoms. The van der Waals surface area contributed by atoms with Gasteiger partial charge in [-0.15, -0.1) is 0 Å². The van der Waals surface area contributed by atoms with Crippen molar-refractivity contribution in [3.8, 4) is 0 Å². The van der Waals surface area contributed by atoms with Crippen molar-refractivity contribution in [3.05, 3.63) is 71.8 Å². The summed E-state index contributed by atoms with van der Waals surface area (Å²) >= 11 is 1.74. The van der Waals surface area contributed by atoms with Crippen molar-refractivity contribution >= 4 is 23.8 Å². The molecule has 154 valence electrons. The Morgan fingerprint density at radius 2 is 1.69 bits per heavy atom. The number of nitrogens with zero attached hydrogens (tertiary/aromatic N) is 1. The van der Waals surface area contributed by atoms with Crippen LogP contribution in [0.15, 0.2) is 60.7 Å². The molecule has 0 saturated carbocycles. The van der Waals surface area contributed by atoms with E-state index in [1.54, 1.807) is 11.8 Å². The molecule has 1 heterocycles. The summed E-state index contributed by atoms with van der Waals surface area (Å²) in [5, 5.41) is 0. The quantitative estimate of drug-likeness (QED) is 0.588. The molecular weight excluding hydrogens is 382 g/mol. The van der Waals surface area contributed by atoms with Crippen LogP contribution in [0.1, 0.15) is 37.8 Å². The zero-order chi connectivity index (χ0) is 20.8. The van der Waals surface area contributed by atoms with Gasteiger partial charge in [0.2, 0.25) is 5.91 Å². The highest BCUT2D eigenvalue weighted by atomic mass is 32.2. The Hall–Kier alpha value is -2.27. The maximum atomic E-state index is 13.5. The standard InChI is InChI=1S/C24H29NO3S/c1-17(2)22-14-28-24(27)25(22)23(26)21(18(3)20-12-8-5-9-13-20)16-29-15-19-10-6-4-7-11-19/h4-13,17-18,21-22H,14-16H2,1-3H3/t18-,21+,22-/m1/s1. The second-order valence-corrected chi connectivity index (χ2v) is 8.93. The fraction of sp³-hybridized carbons (Fsp3) is 0.417. The number of carbonyl (C=O) groups is 2. The van der Waals surface area contributed by atoms with Crippen molar-refractivity contribution in [3.63, 3.8) is 0 Å². The summed E-state index contributed by atoms with van der Waals surface area (Å²) in [7, 11) is 0. The average molecular weight is 412 g/mol. The number of imide groups is 1. The van der Waals surface area contributed by atoms with Gasteiger partial charge in [-0.25, -0.2) is 9.69 Å². The van der Waals surface area contributed by atoms with Crippen LogP contribution in [0.2, 0.25) is 0 Å². The highest BCUT2D eigenvalue weighted by Crippen LogP contribution is 2.32. The van der Waals surface area contributed by atoms with Gasteiger partial charge in [0.05, 0.1) is 12.0 Å². The maximum Gasteiger partial charge on any atom is 0.416 e. The molecule has 1 aliphatic heterocycles. The minimum atomic E-state index is -0.507. The molecule has 29 heavy (non-hydrogen) atoms. The van der Waals surface area contributed by atoms with E-state index in [-0.39, 0.29) is 36.3 Å². The molecule has 1 aliphatic rings. The molecule has 0 aliphatic carbocycles. The number of carbonyl (C=O) groups excluding carboxylic acids is 2. The third-order valence-electron chi connectivity index (χ3n) is 5.57. The van der Waals surface area contributed by atoms with E-state index in [1.165, 1.54) is 10.5 Å². The summed E-state index contributed by atoms with van der Waals surface area (Å²) in [5.41, 5.74) is 2.34. The van der Waals surface area contributed by atoms with Gasteiger partial charge in [0.25, 0.3) is 0 Å². The van der Waals surface area contributed by atoms with E-state index in [1.807, 2.05) is 50.2 Å². The van der Waals surface area contributed by atoms with Crippen LogP contribution < -0.4 is 0 Å². The third-order valence-corrected chi connectivity index (χ3v) is 6.70. The minimum Gasteiger partial charge on any atom is -0.447 e. The van der Waals surface area contributed by atoms with Crippen molar-refractivity contribution in [1.82, 2.24) is 4.90 Å². The largest absolute Gasteiger partial charge is 0.447 e. The predicted octanol–water partition coefficient (Wildman–Crippen LogP) is 5.34. The molecule has 2 amide bonds. The van der Waals surface area contributed by atoms with E-state index in [9.17, 15) is 9.59 Å². The summed E-state index contributed by atoms with van der Waals surface area (Å²) in [5.74, 6) is 1.24. The molecule has 3 atom stereocenters. The maximum absolute atomic E-state index is 13.5. The Bertz CT molecular complexity index is 809. The van der Waals surface area contributed by atoms with Crippen molar-refractivity contribution in [1.29, 1.82) is 0 Å². The number of cyclic esters (lactones) is 1. The molecule has 1 fully saturated rings. The van der Waals surface area contributed by atoms with E-state index in [0.717, 1.165) is 11.3 Å². The van der Waals surface area contributed by atoms with Gasteiger partial charge in [-0.3, -0.25) is 4.79 Å². The van der Waals surface area contributed by atoms with Gasteiger partial charge in [-0.1, -0.05) is 81.4 Å². The highest BCUT2D eigenvalue weighted by Gasteiger charge is 2.43. The lowest BCUT2D eigenvalue weighted by Gasteiger charge is -2.30. The zero-order valence-electron chi connectivity index (χ0n) is 17.3. The lowest BCUT2D eigenvalue weighted by atomic mass is 9.87. The van der Waals surface area contributed by atoms with Gasteiger partial charge in [0.1, 0.15) is 6.61 Å². The van der Waals surface area contributed by atoms with E-state index in [4.69, 9.17) is 4.74 Å². The van der Waals surface area contributed by atoms with Crippen molar-refractivity contribution in [2.24, 2.45) is 11.8 Å². The lowest BCUT2D eigenvalue weighted by Crippen LogP contribution is -2.46. The van der Waals surface area contributed by atoms with Crippen LogP contribution in [0.5, 0.6) is 0 Å². The minimum absolute atomic E-state index is 0.00758. The zero-order valence-corrected chi connectivity index (χ0v) is 18.1. The molecule has 0 radical (unpaired) electrons. The summed E-state index contributed by atoms with van der Waals surface area (Å²) in [6, 6.07) is 20.1. The lowest BCUT2D eigenvalue weighted by molar-refractivity contribution is -0.133. The van der Waals surface area contributed by atoms with Gasteiger partial charge >= 0.3 is 6.09 Å². The molecule has 0 bridgehead atoms. The second kappa shape index (κ2) is 9.97. The van der Waals surface area contributed by atoms with Gasteiger partial charge in [0.15, 0.2) is 0 Å². The summed E-state index contributed by atoms with van der Waals surface area (Å²) in [6.07, 6.45) is -0.507. The van der Waals surface area contributed by atoms with Crippen molar-refractivity contribution in [2.75, 3.05) is 12.4 Å². The highest BCUT2D eigenvalue weighted by molar-refractivity contribution is 7.98. The average Bonchev–Trinajstić information content (AvgIpc) is 3.13. The fourth-order valence-corrected chi connectivity index (χ4v) is 4.89. The van der Waals surface area contributed by atoms with Crippen LogP contribution in [-0.2, 0) is 15.3 Å². The van der Waals surface area contributed by atoms with Crippen LogP contribution in [0, 0.1) is 11.8 Å². The normalized spacial score (nSPS) is 18.6. The van der Waals surface area contributed by atoms with Crippen LogP contribution in [0.25, 0.3) is 0 Å². The molecule has 2 aromatic carbocycles. The van der Waals surface area contributed by atoms with E-state index < -0.39 is 6.09 Å². The summed E-state index contributed by atoms with van der Waals surface area (Å²) in [6.45, 7) is 6.40. The molecule has 4 nitrogen and oxygen atoms in total. The van der Waals surface area contributed by atoms with Crippen LogP contribution in [-0.4, -0.2) is 35.3 Å².